The molecule has 0 radical (unpaired) electrons. The maximum absolute atomic E-state index is 12.9. The van der Waals surface area contributed by atoms with E-state index in [0.29, 0.717) is 5.56 Å². The van der Waals surface area contributed by atoms with Gasteiger partial charge in [-0.3, -0.25) is 14.9 Å². The van der Waals surface area contributed by atoms with E-state index >= 15 is 0 Å². The number of sulfonamides is 1. The van der Waals surface area contributed by atoms with E-state index in [9.17, 15) is 27.7 Å². The van der Waals surface area contributed by atoms with Crippen molar-refractivity contribution in [2.45, 2.75) is 18.4 Å². The predicted molar refractivity (Wildman–Crippen MR) is 102 cm³/mol. The second-order valence-corrected chi connectivity index (χ2v) is 7.86. The molecule has 0 fully saturated rings. The van der Waals surface area contributed by atoms with Crippen molar-refractivity contribution in [3.8, 4) is 5.75 Å². The maximum Gasteiger partial charge on any atom is 0.312 e. The monoisotopic (exact) mass is 425 g/mol. The average molecular weight is 425 g/mol. The molecule has 0 bridgehead atoms. The summed E-state index contributed by atoms with van der Waals surface area (Å²) in [5.74, 6) is -1.05. The van der Waals surface area contributed by atoms with Gasteiger partial charge in [0.25, 0.3) is 0 Å². The van der Waals surface area contributed by atoms with E-state index in [2.05, 4.69) is 5.32 Å². The minimum atomic E-state index is -4.15. The van der Waals surface area contributed by atoms with Gasteiger partial charge in [0.2, 0.25) is 15.9 Å². The molecular weight excluding hydrogens is 405 g/mol. The number of methoxy groups -OCH3 is 1. The molecular formula is C18H20FN3O6S. The van der Waals surface area contributed by atoms with Crippen LogP contribution in [-0.4, -0.2) is 43.8 Å². The number of hydrogen-bond acceptors (Lipinski definition) is 6. The van der Waals surface area contributed by atoms with Crippen molar-refractivity contribution in [3.05, 3.63) is 64.0 Å². The number of carbonyl (C=O) groups excluding carboxylic acids is 1. The van der Waals surface area contributed by atoms with E-state index in [4.69, 9.17) is 4.74 Å². The van der Waals surface area contributed by atoms with E-state index in [1.807, 2.05) is 0 Å². The van der Waals surface area contributed by atoms with E-state index in [1.165, 1.54) is 43.5 Å². The number of carbonyl (C=O) groups is 1. The molecule has 0 saturated heterocycles. The molecule has 156 valence electrons. The quantitative estimate of drug-likeness (QED) is 0.485. The molecule has 0 spiro atoms. The molecule has 1 N–H and O–H groups in total. The lowest BCUT2D eigenvalue weighted by Gasteiger charge is -2.20. The van der Waals surface area contributed by atoms with Gasteiger partial charge in [0.15, 0.2) is 5.75 Å². The van der Waals surface area contributed by atoms with Gasteiger partial charge in [0, 0.05) is 19.2 Å². The first-order valence-electron chi connectivity index (χ1n) is 8.52. The summed E-state index contributed by atoms with van der Waals surface area (Å²) in [6.45, 7) is 1.15. The largest absolute Gasteiger partial charge is 0.490 e. The molecule has 11 heteroatoms. The average Bonchev–Trinajstić information content (AvgIpc) is 2.70. The molecule has 9 nitrogen and oxygen atoms in total. The molecule has 0 atom stereocenters. The fourth-order valence-corrected chi connectivity index (χ4v) is 3.93. The minimum Gasteiger partial charge on any atom is -0.490 e. The lowest BCUT2D eigenvalue weighted by Crippen LogP contribution is -2.40. The molecule has 0 saturated carbocycles. The number of likely N-dealkylation sites (N-methyl/N-ethyl adjacent to an activating group) is 1. The van der Waals surface area contributed by atoms with Crippen molar-refractivity contribution < 1.29 is 27.3 Å². The Morgan fingerprint density at radius 2 is 1.90 bits per heavy atom. The van der Waals surface area contributed by atoms with Crippen molar-refractivity contribution in [2.75, 3.05) is 20.2 Å². The molecule has 2 rings (SSSR count). The zero-order chi connectivity index (χ0) is 21.6. The van der Waals surface area contributed by atoms with Crippen LogP contribution < -0.4 is 10.1 Å². The molecule has 0 unspecified atom stereocenters. The normalized spacial score (nSPS) is 11.3. The van der Waals surface area contributed by atoms with E-state index in [0.717, 1.165) is 10.4 Å². The standard InChI is InChI=1S/C18H20FN3O6S/c1-3-21(12-18(23)20-11-13-4-6-14(19)7-5-13)29(26,27)15-8-9-17(28-2)16(10-15)22(24)25/h4-10H,3,11-12H2,1-2H3,(H,20,23). The number of nitro benzene ring substituents is 1. The van der Waals surface area contributed by atoms with Gasteiger partial charge < -0.3 is 10.1 Å². The zero-order valence-corrected chi connectivity index (χ0v) is 16.6. The van der Waals surface area contributed by atoms with Crippen LogP contribution in [-0.2, 0) is 21.4 Å². The van der Waals surface area contributed by atoms with E-state index in [1.54, 1.807) is 6.92 Å². The van der Waals surface area contributed by atoms with Crippen molar-refractivity contribution >= 4 is 21.6 Å². The maximum atomic E-state index is 12.9. The smallest absolute Gasteiger partial charge is 0.312 e. The number of nitrogens with zero attached hydrogens (tertiary/aromatic N) is 2. The zero-order valence-electron chi connectivity index (χ0n) is 15.8. The molecule has 2 aromatic carbocycles. The second kappa shape index (κ2) is 9.43. The summed E-state index contributed by atoms with van der Waals surface area (Å²) in [4.78, 5) is 22.3. The van der Waals surface area contributed by atoms with Gasteiger partial charge in [-0.25, -0.2) is 12.8 Å². The highest BCUT2D eigenvalue weighted by Gasteiger charge is 2.28. The highest BCUT2D eigenvalue weighted by atomic mass is 32.2. The summed E-state index contributed by atoms with van der Waals surface area (Å²) in [6, 6.07) is 8.77. The summed E-state index contributed by atoms with van der Waals surface area (Å²) in [6.07, 6.45) is 0. The van der Waals surface area contributed by atoms with Crippen LogP contribution in [0.4, 0.5) is 10.1 Å². The second-order valence-electron chi connectivity index (χ2n) is 5.93. The number of nitro groups is 1. The molecule has 0 heterocycles. The fourth-order valence-electron chi connectivity index (χ4n) is 2.51. The lowest BCUT2D eigenvalue weighted by molar-refractivity contribution is -0.386. The van der Waals surface area contributed by atoms with Crippen LogP contribution >= 0.6 is 0 Å². The Labute approximate surface area is 167 Å². The van der Waals surface area contributed by atoms with Gasteiger partial charge in [0.1, 0.15) is 5.82 Å². The van der Waals surface area contributed by atoms with Gasteiger partial charge >= 0.3 is 5.69 Å². The molecule has 29 heavy (non-hydrogen) atoms. The summed E-state index contributed by atoms with van der Waals surface area (Å²) < 4.78 is 44.3. The van der Waals surface area contributed by atoms with Gasteiger partial charge in [-0.05, 0) is 29.8 Å². The number of benzene rings is 2. The fraction of sp³-hybridized carbons (Fsp3) is 0.278. The Morgan fingerprint density at radius 3 is 2.45 bits per heavy atom. The summed E-state index contributed by atoms with van der Waals surface area (Å²) in [5, 5.41) is 13.7. The molecule has 0 aliphatic rings. The summed E-state index contributed by atoms with van der Waals surface area (Å²) in [7, 11) is -2.92. The first-order chi connectivity index (χ1) is 13.7. The third kappa shape index (κ3) is 5.48. The van der Waals surface area contributed by atoms with Crippen molar-refractivity contribution in [1.29, 1.82) is 0 Å². The number of rotatable bonds is 9. The van der Waals surface area contributed by atoms with Gasteiger partial charge in [-0.15, -0.1) is 0 Å². The van der Waals surface area contributed by atoms with Crippen molar-refractivity contribution in [1.82, 2.24) is 9.62 Å². The van der Waals surface area contributed by atoms with Gasteiger partial charge in [-0.1, -0.05) is 19.1 Å². The van der Waals surface area contributed by atoms with Gasteiger partial charge in [-0.2, -0.15) is 4.31 Å². The van der Waals surface area contributed by atoms with Crippen LogP contribution in [0.3, 0.4) is 0 Å². The van der Waals surface area contributed by atoms with Crippen LogP contribution in [0.15, 0.2) is 47.4 Å². The molecule has 2 aromatic rings. The van der Waals surface area contributed by atoms with Crippen molar-refractivity contribution in [3.63, 3.8) is 0 Å². The highest BCUT2D eigenvalue weighted by Crippen LogP contribution is 2.30. The first-order valence-corrected chi connectivity index (χ1v) is 9.96. The Balaban J connectivity index is 2.15. The van der Waals surface area contributed by atoms with Crippen LogP contribution in [0, 0.1) is 15.9 Å². The Kier molecular flexibility index (Phi) is 7.23. The van der Waals surface area contributed by atoms with E-state index in [-0.39, 0.29) is 23.7 Å². The number of amides is 1. The third-order valence-corrected chi connectivity index (χ3v) is 5.98. The SMILES string of the molecule is CCN(CC(=O)NCc1ccc(F)cc1)S(=O)(=O)c1ccc(OC)c([N+](=O)[O-])c1. The van der Waals surface area contributed by atoms with Crippen LogP contribution in [0.1, 0.15) is 12.5 Å². The molecule has 0 aromatic heterocycles. The topological polar surface area (TPSA) is 119 Å². The summed E-state index contributed by atoms with van der Waals surface area (Å²) >= 11 is 0. The third-order valence-electron chi connectivity index (χ3n) is 4.06. The molecule has 0 aliphatic carbocycles. The minimum absolute atomic E-state index is 0.0217. The lowest BCUT2D eigenvalue weighted by atomic mass is 10.2. The van der Waals surface area contributed by atoms with Crippen molar-refractivity contribution in [2.24, 2.45) is 0 Å². The van der Waals surface area contributed by atoms with Crippen LogP contribution in [0.25, 0.3) is 0 Å². The number of ether oxygens (including phenoxy) is 1. The van der Waals surface area contributed by atoms with E-state index < -0.39 is 38.9 Å². The van der Waals surface area contributed by atoms with Crippen LogP contribution in [0.2, 0.25) is 0 Å². The first kappa shape index (κ1) is 22.2. The highest BCUT2D eigenvalue weighted by molar-refractivity contribution is 7.89. The molecule has 1 amide bonds. The van der Waals surface area contributed by atoms with Gasteiger partial charge in [0.05, 0.1) is 23.5 Å². The van der Waals surface area contributed by atoms with Crippen LogP contribution in [0.5, 0.6) is 5.75 Å². The molecule has 0 aliphatic heterocycles. The predicted octanol–water partition coefficient (Wildman–Crippen LogP) is 2.07. The number of hydrogen-bond donors (Lipinski definition) is 1. The number of nitrogens with one attached hydrogen (secondary N) is 1. The Bertz CT molecular complexity index is 995. The Hall–Kier alpha value is -3.05. The Morgan fingerprint density at radius 1 is 1.24 bits per heavy atom. The number of halogens is 1. The summed E-state index contributed by atoms with van der Waals surface area (Å²) in [5.41, 5.74) is 0.154.